The summed E-state index contributed by atoms with van der Waals surface area (Å²) in [4.78, 5) is 16.8. The second-order valence-corrected chi connectivity index (χ2v) is 8.40. The number of carbonyl (C=O) groups excluding carboxylic acids is 1. The lowest BCUT2D eigenvalue weighted by atomic mass is 10.2. The Morgan fingerprint density at radius 2 is 1.93 bits per heavy atom. The van der Waals surface area contributed by atoms with Crippen molar-refractivity contribution in [2.45, 2.75) is 37.9 Å². The van der Waals surface area contributed by atoms with Gasteiger partial charge in [0.15, 0.2) is 5.16 Å². The number of benzene rings is 1. The number of carbonyl (C=O) groups is 1. The number of ether oxygens (including phenoxy) is 1. The van der Waals surface area contributed by atoms with Gasteiger partial charge in [-0.25, -0.2) is 0 Å². The van der Waals surface area contributed by atoms with Crippen LogP contribution in [0.1, 0.15) is 25.3 Å². The van der Waals surface area contributed by atoms with E-state index >= 15 is 0 Å². The van der Waals surface area contributed by atoms with E-state index in [1.807, 2.05) is 11.8 Å². The summed E-state index contributed by atoms with van der Waals surface area (Å²) in [5, 5.41) is 9.67. The lowest BCUT2D eigenvalue weighted by Gasteiger charge is -2.31. The molecule has 1 aromatic carbocycles. The van der Waals surface area contributed by atoms with E-state index in [2.05, 4.69) is 50.9 Å². The van der Waals surface area contributed by atoms with Crippen LogP contribution in [0.3, 0.4) is 0 Å². The second kappa shape index (κ2) is 8.53. The van der Waals surface area contributed by atoms with E-state index in [9.17, 15) is 4.79 Å². The fourth-order valence-corrected chi connectivity index (χ4v) is 4.51. The molecule has 0 aliphatic carbocycles. The maximum Gasteiger partial charge on any atom is 0.233 e. The summed E-state index contributed by atoms with van der Waals surface area (Å²) in [6.07, 6.45) is 2.45. The summed E-state index contributed by atoms with van der Waals surface area (Å²) < 4.78 is 7.62. The molecule has 1 unspecified atom stereocenters. The number of morpholine rings is 1. The van der Waals surface area contributed by atoms with Crippen molar-refractivity contribution in [1.82, 2.24) is 19.7 Å². The Morgan fingerprint density at radius 3 is 2.64 bits per heavy atom. The highest BCUT2D eigenvalue weighted by molar-refractivity contribution is 7.99. The predicted molar refractivity (Wildman–Crippen MR) is 110 cm³/mol. The first-order valence-electron chi connectivity index (χ1n) is 9.91. The highest BCUT2D eigenvalue weighted by Crippen LogP contribution is 2.29. The highest BCUT2D eigenvalue weighted by Gasteiger charge is 2.25. The zero-order valence-corrected chi connectivity index (χ0v) is 17.3. The van der Waals surface area contributed by atoms with Crippen LogP contribution >= 0.6 is 11.8 Å². The fourth-order valence-electron chi connectivity index (χ4n) is 3.66. The van der Waals surface area contributed by atoms with Crippen LogP contribution in [0, 0.1) is 6.92 Å². The topological polar surface area (TPSA) is 63.5 Å². The Morgan fingerprint density at radius 1 is 1.18 bits per heavy atom. The van der Waals surface area contributed by atoms with Gasteiger partial charge in [-0.3, -0.25) is 9.36 Å². The Balaban J connectivity index is 1.54. The van der Waals surface area contributed by atoms with Gasteiger partial charge in [-0.15, -0.1) is 10.2 Å². The van der Waals surface area contributed by atoms with E-state index in [0.29, 0.717) is 25.4 Å². The molecule has 2 aromatic rings. The van der Waals surface area contributed by atoms with Crippen molar-refractivity contribution in [3.63, 3.8) is 0 Å². The van der Waals surface area contributed by atoms with Crippen LogP contribution in [0.2, 0.25) is 0 Å². The molecule has 2 saturated heterocycles. The molecule has 0 spiro atoms. The van der Waals surface area contributed by atoms with Crippen LogP contribution in [0.5, 0.6) is 0 Å². The molecule has 8 heteroatoms. The summed E-state index contributed by atoms with van der Waals surface area (Å²) >= 11 is 1.46. The maximum absolute atomic E-state index is 12.7. The Hall–Kier alpha value is -2.06. The molecule has 150 valence electrons. The van der Waals surface area contributed by atoms with E-state index in [0.717, 1.165) is 29.9 Å². The molecule has 1 atom stereocenters. The smallest absolute Gasteiger partial charge is 0.233 e. The van der Waals surface area contributed by atoms with Gasteiger partial charge in [0.1, 0.15) is 0 Å². The molecule has 0 saturated carbocycles. The summed E-state index contributed by atoms with van der Waals surface area (Å²) in [5.41, 5.74) is 2.25. The number of rotatable bonds is 5. The largest absolute Gasteiger partial charge is 0.375 e. The number of aromatic nitrogens is 3. The third-order valence-electron chi connectivity index (χ3n) is 5.22. The second-order valence-electron chi connectivity index (χ2n) is 7.46. The van der Waals surface area contributed by atoms with Crippen molar-refractivity contribution in [3.8, 4) is 5.69 Å². The van der Waals surface area contributed by atoms with Crippen LogP contribution < -0.4 is 4.90 Å². The lowest BCUT2D eigenvalue weighted by molar-refractivity contribution is -0.135. The average molecular weight is 402 g/mol. The molecule has 2 aliphatic rings. The molecule has 0 bridgehead atoms. The summed E-state index contributed by atoms with van der Waals surface area (Å²) in [6.45, 7) is 8.00. The number of hydrogen-bond donors (Lipinski definition) is 0. The molecule has 2 aliphatic heterocycles. The Labute approximate surface area is 170 Å². The van der Waals surface area contributed by atoms with Crippen LogP contribution in [0.15, 0.2) is 29.4 Å². The van der Waals surface area contributed by atoms with Crippen LogP contribution in [-0.2, 0) is 9.53 Å². The first-order valence-corrected chi connectivity index (χ1v) is 10.9. The first kappa shape index (κ1) is 19.3. The van der Waals surface area contributed by atoms with E-state index in [-0.39, 0.29) is 12.0 Å². The minimum absolute atomic E-state index is 0.0979. The normalized spacial score (nSPS) is 20.0. The van der Waals surface area contributed by atoms with Crippen molar-refractivity contribution in [2.24, 2.45) is 0 Å². The minimum atomic E-state index is 0.0979. The Bertz CT molecular complexity index is 817. The lowest BCUT2D eigenvalue weighted by Crippen LogP contribution is -2.45. The van der Waals surface area contributed by atoms with Gasteiger partial charge in [-0.1, -0.05) is 29.5 Å². The van der Waals surface area contributed by atoms with Gasteiger partial charge in [0.05, 0.1) is 24.2 Å². The van der Waals surface area contributed by atoms with Crippen molar-refractivity contribution < 1.29 is 9.53 Å². The zero-order valence-electron chi connectivity index (χ0n) is 16.5. The molecule has 0 radical (unpaired) electrons. The summed E-state index contributed by atoms with van der Waals surface area (Å²) in [7, 11) is 0. The number of aryl methyl sites for hydroxylation is 1. The molecule has 1 aromatic heterocycles. The van der Waals surface area contributed by atoms with Crippen LogP contribution in [0.4, 0.5) is 5.95 Å². The van der Waals surface area contributed by atoms with Crippen molar-refractivity contribution in [3.05, 3.63) is 29.8 Å². The molecule has 4 rings (SSSR count). The number of thioether (sulfide) groups is 1. The summed E-state index contributed by atoms with van der Waals surface area (Å²) in [5.74, 6) is 1.36. The van der Waals surface area contributed by atoms with Crippen LogP contribution in [0.25, 0.3) is 5.69 Å². The zero-order chi connectivity index (χ0) is 19.5. The molecule has 28 heavy (non-hydrogen) atoms. The van der Waals surface area contributed by atoms with Crippen molar-refractivity contribution in [1.29, 1.82) is 0 Å². The molecule has 0 N–H and O–H groups in total. The van der Waals surface area contributed by atoms with Gasteiger partial charge in [0.25, 0.3) is 0 Å². The van der Waals surface area contributed by atoms with Gasteiger partial charge in [-0.05, 0) is 38.8 Å². The number of nitrogens with zero attached hydrogens (tertiary/aromatic N) is 5. The molecule has 3 heterocycles. The first-order chi connectivity index (χ1) is 13.6. The SMILES string of the molecule is Cc1ccc(-n2c(SCC(=O)N3CCOC(C)C3)nnc2N2CCCC2)cc1. The number of hydrogen-bond acceptors (Lipinski definition) is 6. The molecule has 2 fully saturated rings. The van der Waals surface area contributed by atoms with E-state index < -0.39 is 0 Å². The predicted octanol–water partition coefficient (Wildman–Crippen LogP) is 2.52. The third kappa shape index (κ3) is 4.17. The molecular weight excluding hydrogens is 374 g/mol. The monoisotopic (exact) mass is 401 g/mol. The van der Waals surface area contributed by atoms with Gasteiger partial charge < -0.3 is 14.5 Å². The Kier molecular flexibility index (Phi) is 5.87. The standard InChI is InChI=1S/C20H27N5O2S/c1-15-5-7-17(8-6-15)25-19(23-9-3-4-10-23)21-22-20(25)28-14-18(26)24-11-12-27-16(2)13-24/h5-8,16H,3-4,9-14H2,1-2H3. The quantitative estimate of drug-likeness (QED) is 0.718. The van der Waals surface area contributed by atoms with Crippen molar-refractivity contribution in [2.75, 3.05) is 43.4 Å². The molecule has 7 nitrogen and oxygen atoms in total. The van der Waals surface area contributed by atoms with Crippen LogP contribution in [-0.4, -0.2) is 70.2 Å². The number of amides is 1. The molecular formula is C20H27N5O2S. The number of anilines is 1. The van der Waals surface area contributed by atoms with E-state index in [4.69, 9.17) is 4.74 Å². The van der Waals surface area contributed by atoms with Gasteiger partial charge in [0, 0.05) is 26.2 Å². The average Bonchev–Trinajstić information content (AvgIpc) is 3.36. The fraction of sp³-hybridized carbons (Fsp3) is 0.550. The van der Waals surface area contributed by atoms with Gasteiger partial charge in [0.2, 0.25) is 11.9 Å². The van der Waals surface area contributed by atoms with E-state index in [1.54, 1.807) is 0 Å². The van der Waals surface area contributed by atoms with Crippen molar-refractivity contribution >= 4 is 23.6 Å². The van der Waals surface area contributed by atoms with Gasteiger partial charge in [-0.2, -0.15) is 0 Å². The molecule has 1 amide bonds. The van der Waals surface area contributed by atoms with Gasteiger partial charge >= 0.3 is 0 Å². The highest BCUT2D eigenvalue weighted by atomic mass is 32.2. The minimum Gasteiger partial charge on any atom is -0.375 e. The summed E-state index contributed by atoms with van der Waals surface area (Å²) in [6, 6.07) is 8.37. The maximum atomic E-state index is 12.7. The van der Waals surface area contributed by atoms with E-state index in [1.165, 1.54) is 30.2 Å². The third-order valence-corrected chi connectivity index (χ3v) is 6.13.